The summed E-state index contributed by atoms with van der Waals surface area (Å²) in [6.45, 7) is 1.47. The lowest BCUT2D eigenvalue weighted by atomic mass is 10.2. The maximum atomic E-state index is 10.9. The number of fused-ring (bicyclic) bond motifs is 1. The van der Waals surface area contributed by atoms with Crippen molar-refractivity contribution < 1.29 is 14.6 Å². The number of hydrogen-bond acceptors (Lipinski definition) is 5. The van der Waals surface area contributed by atoms with Crippen molar-refractivity contribution in [3.05, 3.63) is 17.1 Å². The molecule has 0 spiro atoms. The molecule has 0 bridgehead atoms. The van der Waals surface area contributed by atoms with Crippen molar-refractivity contribution in [3.8, 4) is 5.88 Å². The van der Waals surface area contributed by atoms with Gasteiger partial charge in [0.25, 0.3) is 0 Å². The quantitative estimate of drug-likeness (QED) is 0.829. The van der Waals surface area contributed by atoms with Crippen LogP contribution in [0.5, 0.6) is 5.88 Å². The second-order valence-corrected chi connectivity index (χ2v) is 4.42. The molecule has 17 heavy (non-hydrogen) atoms. The molecule has 1 fully saturated rings. The zero-order valence-electron chi connectivity index (χ0n) is 9.51. The van der Waals surface area contributed by atoms with Crippen LogP contribution < -0.4 is 4.74 Å². The third kappa shape index (κ3) is 1.74. The van der Waals surface area contributed by atoms with Crippen LogP contribution in [0.3, 0.4) is 0 Å². The Morgan fingerprint density at radius 3 is 2.76 bits per heavy atom. The summed E-state index contributed by atoms with van der Waals surface area (Å²) in [4.78, 5) is 21.2. The van der Waals surface area contributed by atoms with Gasteiger partial charge in [0.15, 0.2) is 0 Å². The Morgan fingerprint density at radius 2 is 2.18 bits per heavy atom. The standard InChI is InChI=1S/C11H13N3O3/c1-17-10-7-4-14(6-2-3-6)5-8(7)12-9(13-10)11(15)16/h6H,2-5H2,1H3,(H,15,16). The van der Waals surface area contributed by atoms with Gasteiger partial charge in [-0.1, -0.05) is 0 Å². The molecule has 0 amide bonds. The molecule has 1 aliphatic carbocycles. The number of ether oxygens (including phenoxy) is 1. The van der Waals surface area contributed by atoms with Gasteiger partial charge in [-0.15, -0.1) is 0 Å². The van der Waals surface area contributed by atoms with Gasteiger partial charge in [-0.25, -0.2) is 9.78 Å². The minimum Gasteiger partial charge on any atom is -0.481 e. The van der Waals surface area contributed by atoms with Crippen LogP contribution in [0.4, 0.5) is 0 Å². The van der Waals surface area contributed by atoms with Gasteiger partial charge >= 0.3 is 5.97 Å². The minimum atomic E-state index is -1.11. The normalized spacial score (nSPS) is 19.1. The number of aromatic nitrogens is 2. The fraction of sp³-hybridized carbons (Fsp3) is 0.545. The molecule has 0 aromatic carbocycles. The number of methoxy groups -OCH3 is 1. The maximum absolute atomic E-state index is 10.9. The maximum Gasteiger partial charge on any atom is 0.374 e. The van der Waals surface area contributed by atoms with Crippen LogP contribution >= 0.6 is 0 Å². The molecule has 2 aliphatic rings. The predicted octanol–water partition coefficient (Wildman–Crippen LogP) is 0.661. The van der Waals surface area contributed by atoms with E-state index in [9.17, 15) is 4.79 Å². The van der Waals surface area contributed by atoms with E-state index in [0.717, 1.165) is 17.8 Å². The van der Waals surface area contributed by atoms with Crippen molar-refractivity contribution in [1.82, 2.24) is 14.9 Å². The van der Waals surface area contributed by atoms with Crippen LogP contribution in [0, 0.1) is 0 Å². The highest BCUT2D eigenvalue weighted by Gasteiger charge is 2.36. The van der Waals surface area contributed by atoms with Gasteiger partial charge in [-0.2, -0.15) is 4.98 Å². The van der Waals surface area contributed by atoms with Gasteiger partial charge in [0.2, 0.25) is 11.7 Å². The number of carboxylic acid groups (broad SMARTS) is 1. The predicted molar refractivity (Wildman–Crippen MR) is 57.8 cm³/mol. The van der Waals surface area contributed by atoms with Crippen LogP contribution in [0.2, 0.25) is 0 Å². The first kappa shape index (κ1) is 10.5. The Hall–Kier alpha value is -1.69. The minimum absolute atomic E-state index is 0.182. The Labute approximate surface area is 98.2 Å². The molecule has 1 aromatic heterocycles. The average Bonchev–Trinajstić information content (AvgIpc) is 3.07. The molecule has 0 atom stereocenters. The van der Waals surface area contributed by atoms with Crippen LogP contribution in [-0.2, 0) is 13.1 Å². The van der Waals surface area contributed by atoms with Crippen molar-refractivity contribution in [1.29, 1.82) is 0 Å². The highest BCUT2D eigenvalue weighted by molar-refractivity contribution is 5.83. The molecule has 6 nitrogen and oxygen atoms in total. The van der Waals surface area contributed by atoms with Crippen molar-refractivity contribution >= 4 is 5.97 Å². The molecule has 0 saturated heterocycles. The second-order valence-electron chi connectivity index (χ2n) is 4.42. The third-order valence-corrected chi connectivity index (χ3v) is 3.22. The van der Waals surface area contributed by atoms with E-state index >= 15 is 0 Å². The van der Waals surface area contributed by atoms with E-state index in [-0.39, 0.29) is 5.82 Å². The summed E-state index contributed by atoms with van der Waals surface area (Å²) in [5, 5.41) is 8.93. The molecule has 0 radical (unpaired) electrons. The third-order valence-electron chi connectivity index (χ3n) is 3.22. The summed E-state index contributed by atoms with van der Waals surface area (Å²) >= 11 is 0. The molecule has 0 unspecified atom stereocenters. The summed E-state index contributed by atoms with van der Waals surface area (Å²) in [6, 6.07) is 0.627. The molecule has 6 heteroatoms. The fourth-order valence-electron chi connectivity index (χ4n) is 2.21. The molecular formula is C11H13N3O3. The monoisotopic (exact) mass is 235 g/mol. The van der Waals surface area contributed by atoms with Crippen molar-refractivity contribution in [3.63, 3.8) is 0 Å². The van der Waals surface area contributed by atoms with Gasteiger partial charge in [0.1, 0.15) is 0 Å². The molecule has 1 aliphatic heterocycles. The lowest BCUT2D eigenvalue weighted by Crippen LogP contribution is -2.18. The molecule has 1 N–H and O–H groups in total. The van der Waals surface area contributed by atoms with Crippen LogP contribution in [-0.4, -0.2) is 39.1 Å². The Kier molecular flexibility index (Phi) is 2.25. The number of carbonyl (C=O) groups is 1. The number of rotatable bonds is 3. The van der Waals surface area contributed by atoms with E-state index in [1.54, 1.807) is 0 Å². The summed E-state index contributed by atoms with van der Waals surface area (Å²) in [7, 11) is 1.51. The Balaban J connectivity index is 1.98. The summed E-state index contributed by atoms with van der Waals surface area (Å²) in [5.41, 5.74) is 1.73. The fourth-order valence-corrected chi connectivity index (χ4v) is 2.21. The van der Waals surface area contributed by atoms with Gasteiger partial charge in [-0.3, -0.25) is 4.90 Å². The molecule has 2 heterocycles. The van der Waals surface area contributed by atoms with E-state index in [2.05, 4.69) is 14.9 Å². The number of nitrogens with zero attached hydrogens (tertiary/aromatic N) is 3. The number of hydrogen-bond donors (Lipinski definition) is 1. The first-order valence-electron chi connectivity index (χ1n) is 5.60. The van der Waals surface area contributed by atoms with Crippen LogP contribution in [0.25, 0.3) is 0 Å². The average molecular weight is 235 g/mol. The van der Waals surface area contributed by atoms with E-state index in [4.69, 9.17) is 9.84 Å². The molecule has 3 rings (SSSR count). The first-order valence-corrected chi connectivity index (χ1v) is 5.60. The number of aromatic carboxylic acids is 1. The Bertz CT molecular complexity index is 485. The molecule has 1 aromatic rings. The van der Waals surface area contributed by atoms with E-state index < -0.39 is 5.97 Å². The van der Waals surface area contributed by atoms with Crippen LogP contribution in [0.15, 0.2) is 0 Å². The molecule has 1 saturated carbocycles. The SMILES string of the molecule is COc1nc(C(=O)O)nc2c1CN(C1CC1)C2. The summed E-state index contributed by atoms with van der Waals surface area (Å²) in [6.07, 6.45) is 2.44. The zero-order valence-corrected chi connectivity index (χ0v) is 9.51. The molecule has 90 valence electrons. The van der Waals surface area contributed by atoms with Gasteiger partial charge in [0.05, 0.1) is 18.4 Å². The van der Waals surface area contributed by atoms with Crippen molar-refractivity contribution in [2.24, 2.45) is 0 Å². The van der Waals surface area contributed by atoms with Crippen molar-refractivity contribution in [2.75, 3.05) is 7.11 Å². The highest BCUT2D eigenvalue weighted by Crippen LogP contribution is 2.36. The lowest BCUT2D eigenvalue weighted by molar-refractivity contribution is 0.0682. The topological polar surface area (TPSA) is 75.5 Å². The lowest BCUT2D eigenvalue weighted by Gasteiger charge is -2.11. The van der Waals surface area contributed by atoms with Gasteiger partial charge < -0.3 is 9.84 Å². The van der Waals surface area contributed by atoms with Gasteiger partial charge in [0, 0.05) is 19.1 Å². The highest BCUT2D eigenvalue weighted by atomic mass is 16.5. The van der Waals surface area contributed by atoms with E-state index in [1.165, 1.54) is 20.0 Å². The van der Waals surface area contributed by atoms with E-state index in [0.29, 0.717) is 18.5 Å². The summed E-state index contributed by atoms with van der Waals surface area (Å²) < 4.78 is 5.16. The van der Waals surface area contributed by atoms with Gasteiger partial charge in [-0.05, 0) is 12.8 Å². The summed E-state index contributed by atoms with van der Waals surface area (Å²) in [5.74, 6) is -0.898. The van der Waals surface area contributed by atoms with Crippen molar-refractivity contribution in [2.45, 2.75) is 32.0 Å². The van der Waals surface area contributed by atoms with E-state index in [1.807, 2.05) is 0 Å². The molecular weight excluding hydrogens is 222 g/mol. The zero-order chi connectivity index (χ0) is 12.0. The largest absolute Gasteiger partial charge is 0.481 e. The Morgan fingerprint density at radius 1 is 1.41 bits per heavy atom. The number of carboxylic acids is 1. The van der Waals surface area contributed by atoms with Crippen LogP contribution in [0.1, 0.15) is 34.7 Å². The second kappa shape index (κ2) is 3.66. The smallest absolute Gasteiger partial charge is 0.374 e. The first-order chi connectivity index (χ1) is 8.19.